The van der Waals surface area contributed by atoms with Gasteiger partial charge in [0.1, 0.15) is 12.2 Å². The molecule has 0 spiro atoms. The van der Waals surface area contributed by atoms with E-state index in [1.165, 1.54) is 6.33 Å². The average Bonchev–Trinajstić information content (AvgIpc) is 2.67. The minimum absolute atomic E-state index is 0.542. The highest BCUT2D eigenvalue weighted by molar-refractivity contribution is 5.37. The summed E-state index contributed by atoms with van der Waals surface area (Å²) in [5.74, 6) is 1.23. The van der Waals surface area contributed by atoms with Gasteiger partial charge in [-0.2, -0.15) is 4.98 Å². The summed E-state index contributed by atoms with van der Waals surface area (Å²) in [5.41, 5.74) is 0.880. The van der Waals surface area contributed by atoms with Crippen molar-refractivity contribution in [1.82, 2.24) is 15.0 Å². The van der Waals surface area contributed by atoms with Gasteiger partial charge in [-0.3, -0.25) is 0 Å². The van der Waals surface area contributed by atoms with E-state index < -0.39 is 0 Å². The van der Waals surface area contributed by atoms with Crippen molar-refractivity contribution in [1.29, 1.82) is 0 Å². The van der Waals surface area contributed by atoms with Crippen LogP contribution in [0.4, 0.5) is 5.95 Å². The van der Waals surface area contributed by atoms with Crippen LogP contribution in [0.5, 0.6) is 0 Å². The van der Waals surface area contributed by atoms with Crippen molar-refractivity contribution in [3.05, 3.63) is 62.4 Å². The van der Waals surface area contributed by atoms with Crippen molar-refractivity contribution in [3.8, 4) is 0 Å². The van der Waals surface area contributed by atoms with Gasteiger partial charge in [0.2, 0.25) is 5.95 Å². The lowest BCUT2D eigenvalue weighted by Crippen LogP contribution is -2.02. The van der Waals surface area contributed by atoms with Crippen LogP contribution in [0.3, 0.4) is 0 Å². The van der Waals surface area contributed by atoms with E-state index in [-0.39, 0.29) is 0 Å². The fourth-order valence-electron chi connectivity index (χ4n) is 0.808. The third-order valence-corrected chi connectivity index (χ3v) is 1.48. The molecule has 1 heterocycles. The quantitative estimate of drug-likeness (QED) is 0.489. The molecule has 0 saturated carbocycles. The predicted molar refractivity (Wildman–Crippen MR) is 113 cm³/mol. The Labute approximate surface area is 151 Å². The number of nitrogens with one attached hydrogen (secondary N) is 1. The molecule has 0 aliphatic heterocycles. The van der Waals surface area contributed by atoms with Crippen LogP contribution >= 0.6 is 0 Å². The summed E-state index contributed by atoms with van der Waals surface area (Å²) >= 11 is 0. The summed E-state index contributed by atoms with van der Waals surface area (Å²) in [4.78, 5) is 11.9. The molecular formula is C20H40N4. The molecule has 0 radical (unpaired) electrons. The van der Waals surface area contributed by atoms with Crippen LogP contribution in [-0.4, -0.2) is 15.0 Å². The number of anilines is 1. The summed E-state index contributed by atoms with van der Waals surface area (Å²) in [6.45, 7) is 30.6. The molecule has 0 fully saturated rings. The Morgan fingerprint density at radius 1 is 0.958 bits per heavy atom. The van der Waals surface area contributed by atoms with Gasteiger partial charge in [0, 0.05) is 5.70 Å². The maximum Gasteiger partial charge on any atom is 0.230 e. The number of hydrogen-bond donors (Lipinski definition) is 1. The van der Waals surface area contributed by atoms with Crippen LogP contribution < -0.4 is 5.32 Å². The Morgan fingerprint density at radius 3 is 1.67 bits per heavy atom. The highest BCUT2D eigenvalue weighted by Crippen LogP contribution is 2.02. The zero-order valence-corrected chi connectivity index (χ0v) is 17.5. The van der Waals surface area contributed by atoms with Crippen molar-refractivity contribution in [2.75, 3.05) is 5.32 Å². The molecule has 0 bridgehead atoms. The average molecular weight is 337 g/mol. The predicted octanol–water partition coefficient (Wildman–Crippen LogP) is 6.75. The fraction of sp³-hybridized carbons (Fsp3) is 0.450. The minimum Gasteiger partial charge on any atom is -0.324 e. The second kappa shape index (κ2) is 37.2. The number of allylic oxidation sites excluding steroid dienone is 3. The molecule has 1 rings (SSSR count). The number of rotatable bonds is 3. The Morgan fingerprint density at radius 2 is 1.38 bits per heavy atom. The van der Waals surface area contributed by atoms with Gasteiger partial charge in [0.25, 0.3) is 0 Å². The second-order valence-corrected chi connectivity index (χ2v) is 2.84. The molecule has 0 unspecified atom stereocenters. The van der Waals surface area contributed by atoms with Crippen molar-refractivity contribution in [2.24, 2.45) is 0 Å². The summed E-state index contributed by atoms with van der Waals surface area (Å²) in [7, 11) is 0. The van der Waals surface area contributed by atoms with Gasteiger partial charge < -0.3 is 5.32 Å². The minimum atomic E-state index is 0.542. The molecule has 0 aliphatic carbocycles. The van der Waals surface area contributed by atoms with Gasteiger partial charge in [0.05, 0.1) is 0 Å². The zero-order chi connectivity index (χ0) is 20.4. The Bertz CT molecular complexity index is 385. The van der Waals surface area contributed by atoms with Gasteiger partial charge in [-0.1, -0.05) is 60.3 Å². The van der Waals surface area contributed by atoms with E-state index in [2.05, 4.69) is 46.6 Å². The Kier molecular flexibility index (Phi) is 51.8. The zero-order valence-electron chi connectivity index (χ0n) is 17.5. The van der Waals surface area contributed by atoms with Gasteiger partial charge in [0.15, 0.2) is 0 Å². The fourth-order valence-corrected chi connectivity index (χ4v) is 0.808. The molecule has 4 heteroatoms. The summed E-state index contributed by atoms with van der Waals surface area (Å²) < 4.78 is 0. The topological polar surface area (TPSA) is 50.7 Å². The largest absolute Gasteiger partial charge is 0.324 e. The summed E-state index contributed by atoms with van der Waals surface area (Å²) in [6.07, 6.45) is 6.83. The first-order valence-corrected chi connectivity index (χ1v) is 8.46. The second-order valence-electron chi connectivity index (χ2n) is 2.84. The molecule has 0 aromatic carbocycles. The molecule has 1 N–H and O–H groups in total. The highest BCUT2D eigenvalue weighted by Gasteiger charge is 1.96. The highest BCUT2D eigenvalue weighted by atomic mass is 15.1. The van der Waals surface area contributed by atoms with E-state index in [0.29, 0.717) is 11.8 Å². The number of aryl methyl sites for hydroxylation is 1. The Hall–Kier alpha value is -2.23. The normalized spacial score (nSPS) is 7.46. The van der Waals surface area contributed by atoms with E-state index >= 15 is 0 Å². The van der Waals surface area contributed by atoms with Crippen LogP contribution in [0.1, 0.15) is 61.2 Å². The first kappa shape index (κ1) is 33.4. The molecule has 0 aliphatic rings. The number of hydrogen-bond acceptors (Lipinski definition) is 4. The van der Waals surface area contributed by atoms with Crippen molar-refractivity contribution in [2.45, 2.75) is 62.3 Å². The summed E-state index contributed by atoms with van der Waals surface area (Å²) in [5, 5.41) is 3.00. The van der Waals surface area contributed by atoms with Crippen molar-refractivity contribution < 1.29 is 0 Å². The van der Waals surface area contributed by atoms with Crippen LogP contribution in [0, 0.1) is 6.92 Å². The Balaban J connectivity index is -0.0000000924. The number of nitrogens with zero attached hydrogens (tertiary/aromatic N) is 3. The van der Waals surface area contributed by atoms with E-state index in [0.717, 1.165) is 5.70 Å². The van der Waals surface area contributed by atoms with E-state index in [1.807, 2.05) is 68.4 Å². The van der Waals surface area contributed by atoms with Crippen LogP contribution in [0.2, 0.25) is 0 Å². The van der Waals surface area contributed by atoms with Crippen molar-refractivity contribution in [3.63, 3.8) is 0 Å². The molecule has 24 heavy (non-hydrogen) atoms. The first-order valence-electron chi connectivity index (χ1n) is 8.46. The van der Waals surface area contributed by atoms with Crippen molar-refractivity contribution >= 4 is 5.95 Å². The first-order chi connectivity index (χ1) is 11.7. The maximum atomic E-state index is 4.09. The van der Waals surface area contributed by atoms with Crippen LogP contribution in [0.25, 0.3) is 0 Å². The molecule has 4 nitrogen and oxygen atoms in total. The smallest absolute Gasteiger partial charge is 0.230 e. The SMILES string of the molecule is C=C.C=C/C(=C\C)Nc1ncnc(C)n1.C=CC.CC.CC.CC. The lowest BCUT2D eigenvalue weighted by molar-refractivity contribution is 0.977. The third kappa shape index (κ3) is 28.0. The standard InChI is InChI=1S/C9H12N4.C3H6.3C2H6.C2H4/c1-4-8(5-2)13-9-11-6-10-7(3)12-9;1-3-2;4*1-2/h4-6H,1H2,2-3H3,(H,10,11,12,13);3H,1H2,2H3;3*1-2H3;1-2H2/b8-5+;;;;;. The molecule has 0 saturated heterocycles. The van der Waals surface area contributed by atoms with Gasteiger partial charge in [-0.05, 0) is 26.8 Å². The van der Waals surface area contributed by atoms with E-state index in [1.54, 1.807) is 12.2 Å². The maximum absolute atomic E-state index is 4.09. The molecule has 0 amide bonds. The third-order valence-electron chi connectivity index (χ3n) is 1.48. The van der Waals surface area contributed by atoms with Crippen LogP contribution in [-0.2, 0) is 0 Å². The monoisotopic (exact) mass is 336 g/mol. The van der Waals surface area contributed by atoms with Gasteiger partial charge in [-0.15, -0.1) is 19.7 Å². The van der Waals surface area contributed by atoms with Crippen LogP contribution in [0.15, 0.2) is 56.6 Å². The molecule has 0 atom stereocenters. The molecule has 1 aromatic heterocycles. The lowest BCUT2D eigenvalue weighted by atomic mass is 10.4. The molecular weight excluding hydrogens is 296 g/mol. The lowest BCUT2D eigenvalue weighted by Gasteiger charge is -2.03. The van der Waals surface area contributed by atoms with Gasteiger partial charge in [-0.25, -0.2) is 9.97 Å². The van der Waals surface area contributed by atoms with E-state index in [9.17, 15) is 0 Å². The number of aromatic nitrogens is 3. The van der Waals surface area contributed by atoms with E-state index in [4.69, 9.17) is 0 Å². The molecule has 140 valence electrons. The molecule has 1 aromatic rings. The summed E-state index contributed by atoms with van der Waals surface area (Å²) in [6, 6.07) is 0. The van der Waals surface area contributed by atoms with Gasteiger partial charge >= 0.3 is 0 Å².